The lowest BCUT2D eigenvalue weighted by molar-refractivity contribution is -0.399. The molecule has 1 aromatic carbocycles. The molecule has 0 aliphatic carbocycles. The molecule has 1 rings (SSSR count). The van der Waals surface area contributed by atoms with Crippen LogP contribution in [0.1, 0.15) is 107 Å². The van der Waals surface area contributed by atoms with Gasteiger partial charge in [-0.1, -0.05) is 78.4 Å². The minimum atomic E-state index is -1.34. The van der Waals surface area contributed by atoms with Crippen LogP contribution in [0.2, 0.25) is 0 Å². The van der Waals surface area contributed by atoms with Crippen LogP contribution in [0.3, 0.4) is 0 Å². The van der Waals surface area contributed by atoms with Crippen LogP contribution in [0.4, 0.5) is 0 Å². The van der Waals surface area contributed by atoms with Crippen LogP contribution in [0, 0.1) is 11.8 Å². The Bertz CT molecular complexity index is 761. The van der Waals surface area contributed by atoms with E-state index in [1.807, 2.05) is 6.92 Å². The highest BCUT2D eigenvalue weighted by molar-refractivity contribution is 6.02. The van der Waals surface area contributed by atoms with Gasteiger partial charge in [0.15, 0.2) is 0 Å². The monoisotopic (exact) mass is 538 g/mol. The number of carboxylic acids is 1. The summed E-state index contributed by atoms with van der Waals surface area (Å²) in [5.74, 6) is -2.43. The van der Waals surface area contributed by atoms with Gasteiger partial charge < -0.3 is 28.8 Å². The summed E-state index contributed by atoms with van der Waals surface area (Å²) in [6.45, 7) is 12.1. The number of aromatic carboxylic acids is 1. The number of ether oxygens (including phenoxy) is 5. The molecule has 2 unspecified atom stereocenters. The van der Waals surface area contributed by atoms with Crippen molar-refractivity contribution in [3.63, 3.8) is 0 Å². The minimum absolute atomic E-state index is 0.00528. The van der Waals surface area contributed by atoms with Crippen molar-refractivity contribution in [3.8, 4) is 0 Å². The number of rotatable bonds is 23. The molecule has 0 saturated heterocycles. The maximum Gasteiger partial charge on any atom is 0.339 e. The molecule has 1 aromatic rings. The molecule has 8 nitrogen and oxygen atoms in total. The van der Waals surface area contributed by atoms with E-state index in [9.17, 15) is 14.7 Å². The Balaban J connectivity index is 2.80. The highest BCUT2D eigenvalue weighted by atomic mass is 16.9. The van der Waals surface area contributed by atoms with Crippen molar-refractivity contribution < 1.29 is 38.4 Å². The molecule has 2 atom stereocenters. The number of unbranched alkanes of at least 4 members (excludes halogenated alkanes) is 2. The summed E-state index contributed by atoms with van der Waals surface area (Å²) in [4.78, 5) is 23.8. The second-order valence-corrected chi connectivity index (χ2v) is 9.61. The van der Waals surface area contributed by atoms with E-state index in [0.29, 0.717) is 31.7 Å². The Morgan fingerprint density at radius 3 is 1.84 bits per heavy atom. The van der Waals surface area contributed by atoms with Gasteiger partial charge in [-0.2, -0.15) is 0 Å². The summed E-state index contributed by atoms with van der Waals surface area (Å²) in [6, 6.07) is 5.96. The van der Waals surface area contributed by atoms with E-state index in [0.717, 1.165) is 51.4 Å². The van der Waals surface area contributed by atoms with Crippen LogP contribution >= 0.6 is 0 Å². The Labute approximate surface area is 229 Å². The summed E-state index contributed by atoms with van der Waals surface area (Å²) >= 11 is 0. The summed E-state index contributed by atoms with van der Waals surface area (Å²) in [7, 11) is 0. The molecule has 0 spiro atoms. The number of carbonyl (C=O) groups is 2. The Kier molecular flexibility index (Phi) is 17.9. The summed E-state index contributed by atoms with van der Waals surface area (Å²) < 4.78 is 29.8. The fourth-order valence-corrected chi connectivity index (χ4v) is 4.07. The molecule has 0 aliphatic heterocycles. The van der Waals surface area contributed by atoms with Crippen molar-refractivity contribution in [1.82, 2.24) is 0 Å². The van der Waals surface area contributed by atoms with Crippen molar-refractivity contribution in [1.29, 1.82) is 0 Å². The van der Waals surface area contributed by atoms with Crippen LogP contribution in [-0.2, 0) is 23.7 Å². The molecule has 8 heteroatoms. The van der Waals surface area contributed by atoms with Crippen LogP contribution in [0.25, 0.3) is 0 Å². The second kappa shape index (κ2) is 20.0. The normalized spacial score (nSPS) is 14.6. The predicted octanol–water partition coefficient (Wildman–Crippen LogP) is 6.71. The van der Waals surface area contributed by atoms with Gasteiger partial charge in [-0.05, 0) is 43.7 Å². The molecule has 0 fully saturated rings. The van der Waals surface area contributed by atoms with Gasteiger partial charge in [0, 0.05) is 6.61 Å². The van der Waals surface area contributed by atoms with Gasteiger partial charge >= 0.3 is 17.9 Å². The highest BCUT2D eigenvalue weighted by Gasteiger charge is 2.35. The molecule has 0 aliphatic rings. The Morgan fingerprint density at radius 1 is 0.816 bits per heavy atom. The largest absolute Gasteiger partial charge is 0.478 e. The second-order valence-electron chi connectivity index (χ2n) is 9.61. The molecule has 0 heterocycles. The molecular formula is C30H50O8. The number of benzene rings is 1. The molecule has 218 valence electrons. The van der Waals surface area contributed by atoms with E-state index in [4.69, 9.17) is 23.7 Å². The van der Waals surface area contributed by atoms with E-state index >= 15 is 0 Å². The average Bonchev–Trinajstić information content (AvgIpc) is 2.93. The first-order chi connectivity index (χ1) is 18.4. The first-order valence-electron chi connectivity index (χ1n) is 14.3. The molecule has 0 bridgehead atoms. The van der Waals surface area contributed by atoms with Crippen molar-refractivity contribution >= 4 is 11.9 Å². The van der Waals surface area contributed by atoms with Gasteiger partial charge in [-0.25, -0.2) is 9.59 Å². The molecule has 0 amide bonds. The first kappa shape index (κ1) is 34.0. The lowest BCUT2D eigenvalue weighted by atomic mass is 10.0. The highest BCUT2D eigenvalue weighted by Crippen LogP contribution is 2.24. The third-order valence-electron chi connectivity index (χ3n) is 6.65. The zero-order chi connectivity index (χ0) is 28.2. The Hall–Kier alpha value is -2.00. The third-order valence-corrected chi connectivity index (χ3v) is 6.65. The molecule has 0 aromatic heterocycles. The standard InChI is InChI=1S/C30H50O8/c1-6-11-15-24(8-3)21-37-30(36-10-5,38-22-25(9-4)16-12-7-2)23-34-19-20-35-29(33)27-18-14-13-17-26(27)28(31)32/h13-14,17-18,24-25H,6-12,15-16,19-23H2,1-5H3,(H,31,32). The number of hydrogen-bond donors (Lipinski definition) is 1. The van der Waals surface area contributed by atoms with E-state index in [-0.39, 0.29) is 30.9 Å². The fourth-order valence-electron chi connectivity index (χ4n) is 4.07. The molecular weight excluding hydrogens is 488 g/mol. The van der Waals surface area contributed by atoms with Gasteiger partial charge in [-0.3, -0.25) is 0 Å². The number of carbonyl (C=O) groups excluding carboxylic acids is 1. The summed E-state index contributed by atoms with van der Waals surface area (Å²) in [5, 5.41) is 9.30. The van der Waals surface area contributed by atoms with E-state index < -0.39 is 17.9 Å². The van der Waals surface area contributed by atoms with Crippen LogP contribution in [0.5, 0.6) is 0 Å². The number of carboxylic acid groups (broad SMARTS) is 1. The van der Waals surface area contributed by atoms with Crippen LogP contribution in [-0.4, -0.2) is 62.7 Å². The first-order valence-corrected chi connectivity index (χ1v) is 14.3. The quantitative estimate of drug-likeness (QED) is 0.0931. The maximum atomic E-state index is 12.4. The molecule has 0 radical (unpaired) electrons. The van der Waals surface area contributed by atoms with Gasteiger partial charge in [0.1, 0.15) is 13.2 Å². The van der Waals surface area contributed by atoms with Crippen LogP contribution in [0.15, 0.2) is 24.3 Å². The molecule has 38 heavy (non-hydrogen) atoms. The summed E-state index contributed by atoms with van der Waals surface area (Å²) in [6.07, 6.45) is 8.74. The molecule has 0 saturated carbocycles. The zero-order valence-electron chi connectivity index (χ0n) is 24.2. The Morgan fingerprint density at radius 2 is 1.37 bits per heavy atom. The fraction of sp³-hybridized carbons (Fsp3) is 0.733. The smallest absolute Gasteiger partial charge is 0.339 e. The number of esters is 1. The van der Waals surface area contributed by atoms with Gasteiger partial charge in [-0.15, -0.1) is 0 Å². The van der Waals surface area contributed by atoms with Crippen molar-refractivity contribution in [2.24, 2.45) is 11.8 Å². The van der Waals surface area contributed by atoms with Crippen molar-refractivity contribution in [2.75, 3.05) is 39.6 Å². The minimum Gasteiger partial charge on any atom is -0.478 e. The third kappa shape index (κ3) is 12.7. The SMILES string of the molecule is CCCCC(CC)COC(COCCOC(=O)c1ccccc1C(=O)O)(OCC)OCC(CC)CCCC. The number of hydrogen-bond acceptors (Lipinski definition) is 7. The van der Waals surface area contributed by atoms with Crippen molar-refractivity contribution in [3.05, 3.63) is 35.4 Å². The van der Waals surface area contributed by atoms with Gasteiger partial charge in [0.2, 0.25) is 0 Å². The topological polar surface area (TPSA) is 101 Å². The summed E-state index contributed by atoms with van der Waals surface area (Å²) in [5.41, 5.74) is -0.0941. The van der Waals surface area contributed by atoms with Crippen molar-refractivity contribution in [2.45, 2.75) is 92.0 Å². The average molecular weight is 539 g/mol. The predicted molar refractivity (Wildman–Crippen MR) is 147 cm³/mol. The lowest BCUT2D eigenvalue weighted by Gasteiger charge is -2.35. The van der Waals surface area contributed by atoms with Crippen LogP contribution < -0.4 is 0 Å². The van der Waals surface area contributed by atoms with Gasteiger partial charge in [0.25, 0.3) is 0 Å². The van der Waals surface area contributed by atoms with E-state index in [1.165, 1.54) is 12.1 Å². The molecule has 1 N–H and O–H groups in total. The van der Waals surface area contributed by atoms with Gasteiger partial charge in [0.05, 0.1) is 30.9 Å². The zero-order valence-corrected chi connectivity index (χ0v) is 24.2. The van der Waals surface area contributed by atoms with E-state index in [1.54, 1.807) is 12.1 Å². The van der Waals surface area contributed by atoms with E-state index in [2.05, 4.69) is 27.7 Å². The lowest BCUT2D eigenvalue weighted by Crippen LogP contribution is -2.46. The maximum absolute atomic E-state index is 12.4.